The first-order chi connectivity index (χ1) is 9.93. The van der Waals surface area contributed by atoms with E-state index in [1.165, 1.54) is 6.07 Å². The second-order valence-electron chi connectivity index (χ2n) is 4.34. The van der Waals surface area contributed by atoms with Crippen molar-refractivity contribution in [3.8, 4) is 5.75 Å². The number of carbonyl (C=O) groups excluding carboxylic acids is 2. The Bertz CT molecular complexity index is 540. The number of esters is 2. The fraction of sp³-hybridized carbons (Fsp3) is 0.333. The Balaban J connectivity index is 2.55. The van der Waals surface area contributed by atoms with Crippen molar-refractivity contribution in [1.29, 1.82) is 0 Å². The lowest BCUT2D eigenvalue weighted by Gasteiger charge is -2.09. The lowest BCUT2D eigenvalue weighted by atomic mass is 10.2. The highest BCUT2D eigenvalue weighted by molar-refractivity contribution is 6.43. The molecule has 0 spiro atoms. The van der Waals surface area contributed by atoms with Crippen molar-refractivity contribution in [3.63, 3.8) is 0 Å². The van der Waals surface area contributed by atoms with E-state index in [0.29, 0.717) is 0 Å². The molecule has 1 rings (SSSR count). The largest absolute Gasteiger partial charge is 0.460 e. The van der Waals surface area contributed by atoms with Gasteiger partial charge in [0, 0.05) is 12.2 Å². The number of hydrogen-bond acceptors (Lipinski definition) is 4. The maximum atomic E-state index is 11.6. The van der Waals surface area contributed by atoms with E-state index in [1.807, 2.05) is 6.92 Å². The minimum atomic E-state index is -0.737. The van der Waals surface area contributed by atoms with Crippen molar-refractivity contribution in [3.05, 3.63) is 40.4 Å². The Hall–Kier alpha value is -1.52. The maximum absolute atomic E-state index is 11.6. The topological polar surface area (TPSA) is 52.6 Å². The first-order valence-corrected chi connectivity index (χ1v) is 7.24. The first kappa shape index (κ1) is 17.5. The summed E-state index contributed by atoms with van der Waals surface area (Å²) in [6.07, 6.45) is 3.49. The molecule has 0 aliphatic rings. The molecule has 0 bridgehead atoms. The molecule has 0 radical (unpaired) electrons. The van der Waals surface area contributed by atoms with E-state index in [4.69, 9.17) is 32.7 Å². The van der Waals surface area contributed by atoms with E-state index in [-0.39, 0.29) is 21.9 Å². The van der Waals surface area contributed by atoms with E-state index in [1.54, 1.807) is 19.1 Å². The van der Waals surface area contributed by atoms with Crippen LogP contribution in [-0.4, -0.2) is 18.0 Å². The summed E-state index contributed by atoms with van der Waals surface area (Å²) in [6.45, 7) is 3.78. The van der Waals surface area contributed by atoms with E-state index in [2.05, 4.69) is 0 Å². The molecule has 1 atom stereocenters. The summed E-state index contributed by atoms with van der Waals surface area (Å²) in [4.78, 5) is 23.0. The van der Waals surface area contributed by atoms with Crippen molar-refractivity contribution >= 4 is 35.1 Å². The molecule has 114 valence electrons. The number of benzene rings is 1. The summed E-state index contributed by atoms with van der Waals surface area (Å²) >= 11 is 11.7. The summed E-state index contributed by atoms with van der Waals surface area (Å²) < 4.78 is 10.0. The molecule has 4 nitrogen and oxygen atoms in total. The highest BCUT2D eigenvalue weighted by atomic mass is 35.5. The highest BCUT2D eigenvalue weighted by Crippen LogP contribution is 2.31. The minimum absolute atomic E-state index is 0.131. The summed E-state index contributed by atoms with van der Waals surface area (Å²) in [5, 5.41) is 0.416. The minimum Gasteiger partial charge on any atom is -0.460 e. The van der Waals surface area contributed by atoms with Gasteiger partial charge in [0.1, 0.15) is 5.02 Å². The molecule has 6 heteroatoms. The average Bonchev–Trinajstić information content (AvgIpc) is 2.42. The second-order valence-corrected chi connectivity index (χ2v) is 5.13. The molecule has 1 aromatic rings. The number of halogens is 2. The Morgan fingerprint density at radius 2 is 1.90 bits per heavy atom. The Morgan fingerprint density at radius 3 is 2.57 bits per heavy atom. The molecule has 0 fully saturated rings. The quantitative estimate of drug-likeness (QED) is 0.446. The molecular weight excluding hydrogens is 315 g/mol. The van der Waals surface area contributed by atoms with Crippen LogP contribution < -0.4 is 4.74 Å². The van der Waals surface area contributed by atoms with Gasteiger partial charge in [-0.15, -0.1) is 0 Å². The van der Waals surface area contributed by atoms with Crippen molar-refractivity contribution in [2.24, 2.45) is 0 Å². The molecule has 1 unspecified atom stereocenters. The Kier molecular flexibility index (Phi) is 7.26. The molecule has 0 saturated carbocycles. The molecule has 21 heavy (non-hydrogen) atoms. The number of rotatable bonds is 6. The molecule has 0 aromatic heterocycles. The number of hydrogen-bond donors (Lipinski definition) is 0. The second kappa shape index (κ2) is 8.70. The van der Waals surface area contributed by atoms with Gasteiger partial charge in [-0.2, -0.15) is 0 Å². The van der Waals surface area contributed by atoms with Gasteiger partial charge in [0.15, 0.2) is 5.75 Å². The van der Waals surface area contributed by atoms with Crippen LogP contribution in [0.1, 0.15) is 26.7 Å². The van der Waals surface area contributed by atoms with Gasteiger partial charge in [-0.05, 0) is 25.5 Å². The van der Waals surface area contributed by atoms with Gasteiger partial charge < -0.3 is 9.47 Å². The van der Waals surface area contributed by atoms with Gasteiger partial charge in [-0.3, -0.25) is 0 Å². The zero-order valence-electron chi connectivity index (χ0n) is 11.8. The monoisotopic (exact) mass is 330 g/mol. The predicted octanol–water partition coefficient (Wildman–Crippen LogP) is 4.19. The van der Waals surface area contributed by atoms with Crippen LogP contribution in [0.3, 0.4) is 0 Å². The zero-order valence-corrected chi connectivity index (χ0v) is 13.3. The van der Waals surface area contributed by atoms with Gasteiger partial charge in [-0.25, -0.2) is 9.59 Å². The Morgan fingerprint density at radius 1 is 1.24 bits per heavy atom. The van der Waals surface area contributed by atoms with Crippen molar-refractivity contribution < 1.29 is 19.1 Å². The third-order valence-electron chi connectivity index (χ3n) is 2.49. The molecule has 0 amide bonds. The number of carbonyl (C=O) groups is 2. The molecule has 0 heterocycles. The van der Waals surface area contributed by atoms with Crippen LogP contribution >= 0.6 is 23.2 Å². The first-order valence-electron chi connectivity index (χ1n) is 6.48. The van der Waals surface area contributed by atoms with Gasteiger partial charge in [0.25, 0.3) is 0 Å². The summed E-state index contributed by atoms with van der Waals surface area (Å²) in [5.41, 5.74) is 0. The van der Waals surface area contributed by atoms with Crippen molar-refractivity contribution in [1.82, 2.24) is 0 Å². The van der Waals surface area contributed by atoms with Crippen LogP contribution in [0.5, 0.6) is 5.75 Å². The number of ether oxygens (including phenoxy) is 2. The fourth-order valence-electron chi connectivity index (χ4n) is 1.54. The van der Waals surface area contributed by atoms with E-state index >= 15 is 0 Å². The third-order valence-corrected chi connectivity index (χ3v) is 3.30. The average molecular weight is 331 g/mol. The van der Waals surface area contributed by atoms with E-state index < -0.39 is 11.9 Å². The van der Waals surface area contributed by atoms with Crippen LogP contribution in [-0.2, 0) is 14.3 Å². The van der Waals surface area contributed by atoms with Crippen LogP contribution in [0.4, 0.5) is 0 Å². The summed E-state index contributed by atoms with van der Waals surface area (Å²) in [5.74, 6) is -1.20. The van der Waals surface area contributed by atoms with E-state index in [0.717, 1.165) is 25.0 Å². The lowest BCUT2D eigenvalue weighted by Crippen LogP contribution is -2.13. The molecule has 0 saturated heterocycles. The maximum Gasteiger partial charge on any atom is 0.336 e. The van der Waals surface area contributed by atoms with Crippen LogP contribution in [0.2, 0.25) is 10.0 Å². The van der Waals surface area contributed by atoms with Crippen LogP contribution in [0.25, 0.3) is 0 Å². The standard InChI is InChI=1S/C15H16Cl2O4/c1-3-5-10(2)20-13(18)8-9-14(19)21-12-7-4-6-11(16)15(12)17/h4,6-10H,3,5H2,1-2H3/b9-8+. The third kappa shape index (κ3) is 6.19. The highest BCUT2D eigenvalue weighted by Gasteiger charge is 2.10. The smallest absolute Gasteiger partial charge is 0.336 e. The fourth-order valence-corrected chi connectivity index (χ4v) is 1.87. The molecule has 0 aliphatic carbocycles. The van der Waals surface area contributed by atoms with Gasteiger partial charge in [0.05, 0.1) is 11.1 Å². The van der Waals surface area contributed by atoms with Crippen LogP contribution in [0.15, 0.2) is 30.4 Å². The van der Waals surface area contributed by atoms with Gasteiger partial charge in [-0.1, -0.05) is 42.6 Å². The molecule has 0 N–H and O–H groups in total. The molecule has 0 aliphatic heterocycles. The van der Waals surface area contributed by atoms with Gasteiger partial charge in [0.2, 0.25) is 0 Å². The summed E-state index contributed by atoms with van der Waals surface area (Å²) in [7, 11) is 0. The van der Waals surface area contributed by atoms with Gasteiger partial charge >= 0.3 is 11.9 Å². The SMILES string of the molecule is CCCC(C)OC(=O)/C=C/C(=O)Oc1cccc(Cl)c1Cl. The predicted molar refractivity (Wildman–Crippen MR) is 81.7 cm³/mol. The molecular formula is C15H16Cl2O4. The summed E-state index contributed by atoms with van der Waals surface area (Å²) in [6, 6.07) is 4.67. The Labute approximate surface area is 133 Å². The zero-order chi connectivity index (χ0) is 15.8. The van der Waals surface area contributed by atoms with Crippen molar-refractivity contribution in [2.45, 2.75) is 32.8 Å². The van der Waals surface area contributed by atoms with E-state index in [9.17, 15) is 9.59 Å². The van der Waals surface area contributed by atoms with Crippen LogP contribution in [0, 0.1) is 0 Å². The normalized spacial score (nSPS) is 12.2. The van der Waals surface area contributed by atoms with Crippen molar-refractivity contribution in [2.75, 3.05) is 0 Å². The molecule has 1 aromatic carbocycles. The lowest BCUT2D eigenvalue weighted by molar-refractivity contribution is -0.142.